The second-order valence-electron chi connectivity index (χ2n) is 7.64. The Kier molecular flexibility index (Phi) is 5.06. The van der Waals surface area contributed by atoms with Crippen LogP contribution in [0.15, 0.2) is 63.4 Å². The van der Waals surface area contributed by atoms with E-state index in [0.29, 0.717) is 23.3 Å². The molecular formula is C24H22N4O3. The highest BCUT2D eigenvalue weighted by molar-refractivity contribution is 5.83. The highest BCUT2D eigenvalue weighted by Crippen LogP contribution is 2.30. The first-order valence-corrected chi connectivity index (χ1v) is 10.2. The van der Waals surface area contributed by atoms with Gasteiger partial charge in [-0.05, 0) is 42.1 Å². The van der Waals surface area contributed by atoms with Crippen LogP contribution in [0, 0.1) is 11.3 Å². The highest BCUT2D eigenvalue weighted by Gasteiger charge is 2.24. The Labute approximate surface area is 180 Å². The number of nitriles is 1. The fourth-order valence-corrected chi connectivity index (χ4v) is 3.70. The van der Waals surface area contributed by atoms with Gasteiger partial charge in [-0.1, -0.05) is 30.3 Å². The van der Waals surface area contributed by atoms with Crippen LogP contribution >= 0.6 is 0 Å². The Hall–Kier alpha value is -3.76. The maximum atomic E-state index is 9.49. The summed E-state index contributed by atoms with van der Waals surface area (Å²) in [5.41, 5.74) is 0.282. The first kappa shape index (κ1) is 19.2. The number of fused-ring (bicyclic) bond motifs is 1. The standard InChI is InChI=1S/C24H22N4O3/c1-27-10-12-28(13-11-27)24-21(15-25)26-23(31-24)22-9-8-20(30-22)16-29-19-7-6-17-4-2-3-5-18(17)14-19/h2-9,14H,10-13,16H2,1H3. The molecule has 0 unspecified atom stereocenters. The summed E-state index contributed by atoms with van der Waals surface area (Å²) in [4.78, 5) is 8.64. The van der Waals surface area contributed by atoms with Crippen molar-refractivity contribution in [3.05, 3.63) is 66.1 Å². The molecule has 0 amide bonds. The molecule has 7 heteroatoms. The number of hydrogen-bond donors (Lipinski definition) is 0. The Morgan fingerprint density at radius 3 is 2.61 bits per heavy atom. The van der Waals surface area contributed by atoms with Crippen molar-refractivity contribution in [2.24, 2.45) is 0 Å². The van der Waals surface area contributed by atoms with Gasteiger partial charge in [-0.3, -0.25) is 0 Å². The van der Waals surface area contributed by atoms with Gasteiger partial charge in [0, 0.05) is 26.2 Å². The van der Waals surface area contributed by atoms with Crippen LogP contribution in [-0.2, 0) is 6.61 Å². The van der Waals surface area contributed by atoms with Gasteiger partial charge in [0.25, 0.3) is 5.89 Å². The van der Waals surface area contributed by atoms with Crippen molar-refractivity contribution in [2.45, 2.75) is 6.61 Å². The molecule has 1 aliphatic heterocycles. The molecule has 0 saturated carbocycles. The molecule has 0 bridgehead atoms. The van der Waals surface area contributed by atoms with Gasteiger partial charge in [-0.15, -0.1) is 0 Å². The number of hydrogen-bond acceptors (Lipinski definition) is 7. The van der Waals surface area contributed by atoms with Crippen LogP contribution in [0.4, 0.5) is 5.88 Å². The van der Waals surface area contributed by atoms with E-state index in [4.69, 9.17) is 13.6 Å². The minimum atomic E-state index is 0.282. The third kappa shape index (κ3) is 3.98. The van der Waals surface area contributed by atoms with Crippen molar-refractivity contribution < 1.29 is 13.6 Å². The predicted molar refractivity (Wildman–Crippen MR) is 117 cm³/mol. The van der Waals surface area contributed by atoms with Crippen molar-refractivity contribution in [3.63, 3.8) is 0 Å². The Morgan fingerprint density at radius 2 is 1.81 bits per heavy atom. The van der Waals surface area contributed by atoms with Gasteiger partial charge in [-0.2, -0.15) is 10.2 Å². The Bertz CT molecular complexity index is 1250. The van der Waals surface area contributed by atoms with Gasteiger partial charge < -0.3 is 23.4 Å². The minimum Gasteiger partial charge on any atom is -0.486 e. The summed E-state index contributed by atoms with van der Waals surface area (Å²) in [6, 6.07) is 19.9. The van der Waals surface area contributed by atoms with Crippen LogP contribution in [0.2, 0.25) is 0 Å². The summed E-state index contributed by atoms with van der Waals surface area (Å²) in [5.74, 6) is 2.73. The number of ether oxygens (including phenoxy) is 1. The molecule has 2 aromatic heterocycles. The van der Waals surface area contributed by atoms with Gasteiger partial charge in [0.15, 0.2) is 5.76 Å². The van der Waals surface area contributed by atoms with E-state index in [1.807, 2.05) is 36.4 Å². The van der Waals surface area contributed by atoms with Crippen molar-refractivity contribution in [1.82, 2.24) is 9.88 Å². The van der Waals surface area contributed by atoms with Crippen LogP contribution in [-0.4, -0.2) is 43.1 Å². The van der Waals surface area contributed by atoms with Crippen molar-refractivity contribution in [3.8, 4) is 23.5 Å². The molecule has 1 aliphatic rings. The normalized spacial score (nSPS) is 14.6. The van der Waals surface area contributed by atoms with Gasteiger partial charge in [0.2, 0.25) is 11.6 Å². The first-order valence-electron chi connectivity index (χ1n) is 10.2. The van der Waals surface area contributed by atoms with Crippen molar-refractivity contribution in [2.75, 3.05) is 38.1 Å². The summed E-state index contributed by atoms with van der Waals surface area (Å²) in [6.07, 6.45) is 0. The predicted octanol–water partition coefficient (Wildman–Crippen LogP) is 4.29. The molecule has 2 aromatic carbocycles. The third-order valence-corrected chi connectivity index (χ3v) is 5.48. The number of oxazole rings is 1. The lowest BCUT2D eigenvalue weighted by atomic mass is 10.1. The Balaban J connectivity index is 1.30. The molecule has 0 atom stereocenters. The van der Waals surface area contributed by atoms with Crippen LogP contribution < -0.4 is 9.64 Å². The maximum Gasteiger partial charge on any atom is 0.266 e. The lowest BCUT2D eigenvalue weighted by Crippen LogP contribution is -2.44. The van der Waals surface area contributed by atoms with E-state index in [2.05, 4.69) is 40.0 Å². The average Bonchev–Trinajstić information content (AvgIpc) is 3.45. The van der Waals surface area contributed by atoms with E-state index in [1.54, 1.807) is 6.07 Å². The number of piperazine rings is 1. The summed E-state index contributed by atoms with van der Waals surface area (Å²) < 4.78 is 17.7. The fraction of sp³-hybridized carbons (Fsp3) is 0.250. The molecule has 5 rings (SSSR count). The zero-order chi connectivity index (χ0) is 21.2. The molecule has 0 spiro atoms. The van der Waals surface area contributed by atoms with Crippen LogP contribution in [0.3, 0.4) is 0 Å². The smallest absolute Gasteiger partial charge is 0.266 e. The lowest BCUT2D eigenvalue weighted by Gasteiger charge is -2.31. The van der Waals surface area contributed by atoms with Gasteiger partial charge >= 0.3 is 0 Å². The molecule has 0 aliphatic carbocycles. The quantitative estimate of drug-likeness (QED) is 0.482. The Morgan fingerprint density at radius 1 is 1.00 bits per heavy atom. The minimum absolute atomic E-state index is 0.282. The van der Waals surface area contributed by atoms with E-state index in [0.717, 1.165) is 37.3 Å². The summed E-state index contributed by atoms with van der Waals surface area (Å²) in [7, 11) is 2.08. The van der Waals surface area contributed by atoms with E-state index in [9.17, 15) is 5.26 Å². The average molecular weight is 414 g/mol. The number of rotatable bonds is 5. The summed E-state index contributed by atoms with van der Waals surface area (Å²) >= 11 is 0. The number of aromatic nitrogens is 1. The second-order valence-corrected chi connectivity index (χ2v) is 7.64. The molecule has 3 heterocycles. The fourth-order valence-electron chi connectivity index (χ4n) is 3.70. The summed E-state index contributed by atoms with van der Waals surface area (Å²) in [6.45, 7) is 3.71. The van der Waals surface area contributed by atoms with Crippen molar-refractivity contribution in [1.29, 1.82) is 5.26 Å². The van der Waals surface area contributed by atoms with Gasteiger partial charge in [0.1, 0.15) is 24.2 Å². The highest BCUT2D eigenvalue weighted by atomic mass is 16.5. The third-order valence-electron chi connectivity index (χ3n) is 5.48. The monoisotopic (exact) mass is 414 g/mol. The number of nitrogens with zero attached hydrogens (tertiary/aromatic N) is 4. The van der Waals surface area contributed by atoms with Crippen LogP contribution in [0.25, 0.3) is 22.4 Å². The van der Waals surface area contributed by atoms with E-state index in [1.165, 1.54) is 5.39 Å². The molecular weight excluding hydrogens is 392 g/mol. The molecule has 1 saturated heterocycles. The van der Waals surface area contributed by atoms with E-state index < -0.39 is 0 Å². The molecule has 1 fully saturated rings. The largest absolute Gasteiger partial charge is 0.486 e. The zero-order valence-corrected chi connectivity index (χ0v) is 17.2. The number of benzene rings is 2. The van der Waals surface area contributed by atoms with Crippen molar-refractivity contribution >= 4 is 16.7 Å². The number of furan rings is 1. The zero-order valence-electron chi connectivity index (χ0n) is 17.2. The topological polar surface area (TPSA) is 78.7 Å². The molecule has 156 valence electrons. The first-order chi connectivity index (χ1) is 15.2. The number of anilines is 1. The molecule has 7 nitrogen and oxygen atoms in total. The lowest BCUT2D eigenvalue weighted by molar-refractivity contribution is 0.271. The maximum absolute atomic E-state index is 9.49. The van der Waals surface area contributed by atoms with E-state index >= 15 is 0 Å². The molecule has 0 radical (unpaired) electrons. The molecule has 4 aromatic rings. The summed E-state index contributed by atoms with van der Waals surface area (Å²) in [5, 5.41) is 11.8. The molecule has 31 heavy (non-hydrogen) atoms. The number of likely N-dealkylation sites (N-methyl/N-ethyl adjacent to an activating group) is 1. The van der Waals surface area contributed by atoms with Gasteiger partial charge in [0.05, 0.1) is 0 Å². The van der Waals surface area contributed by atoms with E-state index in [-0.39, 0.29) is 12.3 Å². The SMILES string of the molecule is CN1CCN(c2oc(-c3ccc(COc4ccc5ccccc5c4)o3)nc2C#N)CC1. The van der Waals surface area contributed by atoms with Crippen LogP contribution in [0.5, 0.6) is 5.75 Å². The second kappa shape index (κ2) is 8.17. The molecule has 0 N–H and O–H groups in total. The van der Waals surface area contributed by atoms with Gasteiger partial charge in [-0.25, -0.2) is 0 Å². The van der Waals surface area contributed by atoms with Crippen LogP contribution in [0.1, 0.15) is 11.5 Å².